The van der Waals surface area contributed by atoms with Crippen LogP contribution in [0, 0.1) is 5.92 Å². The van der Waals surface area contributed by atoms with Crippen molar-refractivity contribution in [1.29, 1.82) is 0 Å². The molecule has 2 saturated carbocycles. The van der Waals surface area contributed by atoms with Gasteiger partial charge in [0, 0.05) is 12.6 Å². The second-order valence-corrected chi connectivity index (χ2v) is 7.18. The summed E-state index contributed by atoms with van der Waals surface area (Å²) in [6.45, 7) is 7.22. The molecule has 0 spiro atoms. The van der Waals surface area contributed by atoms with E-state index in [1.54, 1.807) is 0 Å². The number of amides is 1. The Morgan fingerprint density at radius 3 is 2.26 bits per heavy atom. The summed E-state index contributed by atoms with van der Waals surface area (Å²) in [7, 11) is 0. The first-order valence-corrected chi connectivity index (χ1v) is 7.89. The summed E-state index contributed by atoms with van der Waals surface area (Å²) in [6, 6.07) is 0.512. The minimum atomic E-state index is -0.226. The highest BCUT2D eigenvalue weighted by Crippen LogP contribution is 2.31. The Bertz CT molecular complexity index is 298. The number of carbonyl (C=O) groups excluding carboxylic acids is 1. The fraction of sp³-hybridized carbons (Fsp3) is 0.938. The first kappa shape index (κ1) is 14.8. The number of rotatable bonds is 5. The smallest absolute Gasteiger partial charge is 0.248 e. The maximum Gasteiger partial charge on any atom is 0.248 e. The Balaban J connectivity index is 1.82. The summed E-state index contributed by atoms with van der Waals surface area (Å²) in [4.78, 5) is 14.5. The van der Waals surface area contributed by atoms with Crippen molar-refractivity contribution >= 4 is 5.91 Å². The molecule has 1 amide bonds. The van der Waals surface area contributed by atoms with Crippen molar-refractivity contribution in [1.82, 2.24) is 4.90 Å². The van der Waals surface area contributed by atoms with Crippen LogP contribution in [0.2, 0.25) is 0 Å². The van der Waals surface area contributed by atoms with Crippen molar-refractivity contribution in [2.45, 2.75) is 77.4 Å². The Hall–Kier alpha value is -0.570. The molecule has 2 aliphatic rings. The monoisotopic (exact) mass is 267 g/mol. The number of nitrogens with zero attached hydrogens (tertiary/aromatic N) is 1. The first-order valence-electron chi connectivity index (χ1n) is 7.89. The van der Waals surface area contributed by atoms with Crippen LogP contribution in [-0.2, 0) is 9.53 Å². The molecule has 0 bridgehead atoms. The van der Waals surface area contributed by atoms with Gasteiger partial charge in [-0.2, -0.15) is 0 Å². The zero-order valence-corrected chi connectivity index (χ0v) is 12.8. The topological polar surface area (TPSA) is 29.5 Å². The minimum absolute atomic E-state index is 0.197. The molecule has 2 aliphatic carbocycles. The lowest BCUT2D eigenvalue weighted by Crippen LogP contribution is -2.41. The molecule has 0 unspecified atom stereocenters. The van der Waals surface area contributed by atoms with Crippen LogP contribution in [0.15, 0.2) is 0 Å². The summed E-state index contributed by atoms with van der Waals surface area (Å²) in [6.07, 6.45) is 9.04. The third-order valence-corrected chi connectivity index (χ3v) is 4.12. The molecule has 0 heterocycles. The van der Waals surface area contributed by atoms with E-state index in [0.29, 0.717) is 6.04 Å². The average molecular weight is 267 g/mol. The summed E-state index contributed by atoms with van der Waals surface area (Å²) in [5.74, 6) is 0.927. The van der Waals surface area contributed by atoms with Gasteiger partial charge in [0.15, 0.2) is 0 Å². The molecule has 0 aromatic rings. The largest absolute Gasteiger partial charge is 0.366 e. The van der Waals surface area contributed by atoms with Crippen molar-refractivity contribution in [3.8, 4) is 0 Å². The van der Waals surface area contributed by atoms with E-state index < -0.39 is 0 Å². The molecule has 2 fully saturated rings. The van der Waals surface area contributed by atoms with Gasteiger partial charge in [-0.1, -0.05) is 19.3 Å². The fourth-order valence-corrected chi connectivity index (χ4v) is 2.85. The number of carbonyl (C=O) groups is 1. The highest BCUT2D eigenvalue weighted by molar-refractivity contribution is 5.78. The SMILES string of the molecule is CC(C)(C)OCC(=O)N(CC1CCCCC1)C1CC1. The summed E-state index contributed by atoms with van der Waals surface area (Å²) in [5, 5.41) is 0. The number of hydrogen-bond donors (Lipinski definition) is 0. The summed E-state index contributed by atoms with van der Waals surface area (Å²) in [5.41, 5.74) is -0.226. The van der Waals surface area contributed by atoms with Gasteiger partial charge in [0.2, 0.25) is 5.91 Å². The standard InChI is InChI=1S/C16H29NO2/c1-16(2,3)19-12-15(18)17(14-9-10-14)11-13-7-5-4-6-8-13/h13-14H,4-12H2,1-3H3. The molecule has 0 saturated heterocycles. The number of ether oxygens (including phenoxy) is 1. The molecule has 0 aromatic carbocycles. The van der Waals surface area contributed by atoms with Crippen LogP contribution < -0.4 is 0 Å². The van der Waals surface area contributed by atoms with E-state index in [4.69, 9.17) is 4.74 Å². The molecule has 3 heteroatoms. The van der Waals surface area contributed by atoms with Crippen molar-refractivity contribution < 1.29 is 9.53 Å². The van der Waals surface area contributed by atoms with Gasteiger partial charge in [-0.05, 0) is 52.4 Å². The minimum Gasteiger partial charge on any atom is -0.366 e. The van der Waals surface area contributed by atoms with Gasteiger partial charge in [-0.3, -0.25) is 4.79 Å². The highest BCUT2D eigenvalue weighted by atomic mass is 16.5. The Morgan fingerprint density at radius 2 is 1.74 bits per heavy atom. The molecule has 3 nitrogen and oxygen atoms in total. The van der Waals surface area contributed by atoms with Crippen molar-refractivity contribution in [2.24, 2.45) is 5.92 Å². The zero-order valence-electron chi connectivity index (χ0n) is 12.8. The molecule has 19 heavy (non-hydrogen) atoms. The average Bonchev–Trinajstić information content (AvgIpc) is 3.18. The summed E-state index contributed by atoms with van der Waals surface area (Å²) < 4.78 is 5.65. The Kier molecular flexibility index (Phi) is 4.88. The lowest BCUT2D eigenvalue weighted by molar-refractivity contribution is -0.142. The Labute approximate surface area is 117 Å². The van der Waals surface area contributed by atoms with E-state index >= 15 is 0 Å². The van der Waals surface area contributed by atoms with Crippen molar-refractivity contribution in [3.63, 3.8) is 0 Å². The maximum atomic E-state index is 12.3. The van der Waals surface area contributed by atoms with Gasteiger partial charge >= 0.3 is 0 Å². The molecule has 0 radical (unpaired) electrons. The van der Waals surface area contributed by atoms with Crippen LogP contribution in [0.3, 0.4) is 0 Å². The normalized spacial score (nSPS) is 21.4. The van der Waals surface area contributed by atoms with Crippen LogP contribution in [0.1, 0.15) is 65.7 Å². The summed E-state index contributed by atoms with van der Waals surface area (Å²) >= 11 is 0. The van der Waals surface area contributed by atoms with Crippen molar-refractivity contribution in [3.05, 3.63) is 0 Å². The molecule has 0 aromatic heterocycles. The van der Waals surface area contributed by atoms with Crippen LogP contribution in [0.5, 0.6) is 0 Å². The van der Waals surface area contributed by atoms with E-state index in [0.717, 1.165) is 12.5 Å². The zero-order chi connectivity index (χ0) is 13.9. The number of hydrogen-bond acceptors (Lipinski definition) is 2. The van der Waals surface area contributed by atoms with Gasteiger partial charge in [0.25, 0.3) is 0 Å². The molecular weight excluding hydrogens is 238 g/mol. The second-order valence-electron chi connectivity index (χ2n) is 7.18. The lowest BCUT2D eigenvalue weighted by atomic mass is 9.89. The third-order valence-electron chi connectivity index (χ3n) is 4.12. The van der Waals surface area contributed by atoms with Gasteiger partial charge in [-0.25, -0.2) is 0 Å². The van der Waals surface area contributed by atoms with Crippen LogP contribution >= 0.6 is 0 Å². The maximum absolute atomic E-state index is 12.3. The van der Waals surface area contributed by atoms with Crippen LogP contribution in [-0.4, -0.2) is 35.6 Å². The molecular formula is C16H29NO2. The lowest BCUT2D eigenvalue weighted by Gasteiger charge is -2.31. The first-order chi connectivity index (χ1) is 8.96. The molecule has 110 valence electrons. The van der Waals surface area contributed by atoms with E-state index in [-0.39, 0.29) is 18.1 Å². The molecule has 0 N–H and O–H groups in total. The fourth-order valence-electron chi connectivity index (χ4n) is 2.85. The predicted molar refractivity (Wildman–Crippen MR) is 77.0 cm³/mol. The Morgan fingerprint density at radius 1 is 1.11 bits per heavy atom. The van der Waals surface area contributed by atoms with Gasteiger partial charge in [0.05, 0.1) is 5.60 Å². The molecule has 2 rings (SSSR count). The van der Waals surface area contributed by atoms with Gasteiger partial charge < -0.3 is 9.64 Å². The van der Waals surface area contributed by atoms with Crippen molar-refractivity contribution in [2.75, 3.05) is 13.2 Å². The van der Waals surface area contributed by atoms with E-state index in [9.17, 15) is 4.79 Å². The quantitative estimate of drug-likeness (QED) is 0.764. The molecule has 0 aliphatic heterocycles. The highest BCUT2D eigenvalue weighted by Gasteiger charge is 2.34. The second kappa shape index (κ2) is 6.25. The van der Waals surface area contributed by atoms with E-state index in [2.05, 4.69) is 4.90 Å². The predicted octanol–water partition coefficient (Wildman–Crippen LogP) is 3.37. The van der Waals surface area contributed by atoms with Crippen LogP contribution in [0.25, 0.3) is 0 Å². The third kappa shape index (κ3) is 5.13. The van der Waals surface area contributed by atoms with E-state index in [1.807, 2.05) is 20.8 Å². The van der Waals surface area contributed by atoms with Crippen LogP contribution in [0.4, 0.5) is 0 Å². The van der Waals surface area contributed by atoms with E-state index in [1.165, 1.54) is 44.9 Å². The van der Waals surface area contributed by atoms with Gasteiger partial charge in [0.1, 0.15) is 6.61 Å². The van der Waals surface area contributed by atoms with Gasteiger partial charge in [-0.15, -0.1) is 0 Å². The molecule has 0 atom stereocenters.